The van der Waals surface area contributed by atoms with Crippen LogP contribution in [0.5, 0.6) is 0 Å². The van der Waals surface area contributed by atoms with Crippen LogP contribution in [0.1, 0.15) is 33.6 Å². The molecule has 0 bridgehead atoms. The highest BCUT2D eigenvalue weighted by Gasteiger charge is 2.22. The van der Waals surface area contributed by atoms with E-state index in [4.69, 9.17) is 0 Å². The minimum absolute atomic E-state index is 0.247. The summed E-state index contributed by atoms with van der Waals surface area (Å²) in [5.74, 6) is -0.601. The third-order valence-corrected chi connectivity index (χ3v) is 3.36. The summed E-state index contributed by atoms with van der Waals surface area (Å²) in [5, 5.41) is 10.9. The van der Waals surface area contributed by atoms with Gasteiger partial charge in [-0.1, -0.05) is 20.8 Å². The van der Waals surface area contributed by atoms with E-state index < -0.39 is 28.4 Å². The number of hydrogen-bond donors (Lipinski definition) is 0. The summed E-state index contributed by atoms with van der Waals surface area (Å²) in [6, 6.07) is 0. The molecule has 0 fully saturated rings. The van der Waals surface area contributed by atoms with Crippen molar-refractivity contribution < 1.29 is 9.72 Å². The van der Waals surface area contributed by atoms with E-state index >= 15 is 0 Å². The predicted molar refractivity (Wildman–Crippen MR) is 76.4 cm³/mol. The van der Waals surface area contributed by atoms with Crippen molar-refractivity contribution in [2.45, 2.75) is 46.7 Å². The van der Waals surface area contributed by atoms with Crippen LogP contribution in [0, 0.1) is 16.0 Å². The fraction of sp³-hybridized carbons (Fsp3) is 0.615. The number of nitro groups is 1. The van der Waals surface area contributed by atoms with E-state index in [0.29, 0.717) is 17.4 Å². The van der Waals surface area contributed by atoms with Crippen molar-refractivity contribution in [3.8, 4) is 0 Å². The molecule has 1 aromatic heterocycles. The molecule has 8 nitrogen and oxygen atoms in total. The second-order valence-corrected chi connectivity index (χ2v) is 4.91. The lowest BCUT2D eigenvalue weighted by molar-refractivity contribution is -0.387. The average molecular weight is 297 g/mol. The summed E-state index contributed by atoms with van der Waals surface area (Å²) < 4.78 is 1.76. The van der Waals surface area contributed by atoms with Crippen LogP contribution in [0.4, 0.5) is 5.69 Å². The van der Waals surface area contributed by atoms with Gasteiger partial charge in [0.05, 0.1) is 17.7 Å². The highest BCUT2D eigenvalue weighted by Crippen LogP contribution is 2.05. The summed E-state index contributed by atoms with van der Waals surface area (Å²) >= 11 is 0. The van der Waals surface area contributed by atoms with Crippen LogP contribution in [-0.2, 0) is 17.9 Å². The van der Waals surface area contributed by atoms with E-state index in [1.807, 2.05) is 6.92 Å². The molecule has 8 heteroatoms. The van der Waals surface area contributed by atoms with Gasteiger partial charge >= 0.3 is 16.9 Å². The summed E-state index contributed by atoms with van der Waals surface area (Å²) in [7, 11) is 0. The van der Waals surface area contributed by atoms with Crippen LogP contribution < -0.4 is 11.2 Å². The summed E-state index contributed by atoms with van der Waals surface area (Å²) in [4.78, 5) is 46.1. The maximum atomic E-state index is 12.2. The van der Waals surface area contributed by atoms with Crippen molar-refractivity contribution in [2.24, 2.45) is 5.92 Å². The van der Waals surface area contributed by atoms with Crippen LogP contribution in [0.3, 0.4) is 0 Å². The zero-order valence-corrected chi connectivity index (χ0v) is 12.4. The van der Waals surface area contributed by atoms with Gasteiger partial charge in [-0.3, -0.25) is 24.3 Å². The molecule has 0 spiro atoms. The first kappa shape index (κ1) is 16.8. The molecule has 1 unspecified atom stereocenters. The van der Waals surface area contributed by atoms with Crippen LogP contribution in [0.15, 0.2) is 15.8 Å². The Bertz CT molecular complexity index is 659. The quantitative estimate of drug-likeness (QED) is 0.550. The van der Waals surface area contributed by atoms with E-state index in [1.165, 1.54) is 0 Å². The Labute approximate surface area is 121 Å². The predicted octanol–water partition coefficient (Wildman–Crippen LogP) is 0.943. The molecule has 0 amide bonds. The van der Waals surface area contributed by atoms with Crippen molar-refractivity contribution in [3.05, 3.63) is 37.1 Å². The van der Waals surface area contributed by atoms with Crippen LogP contribution in [-0.4, -0.2) is 19.8 Å². The zero-order valence-electron chi connectivity index (χ0n) is 12.4. The van der Waals surface area contributed by atoms with Gasteiger partial charge in [0.1, 0.15) is 0 Å². The standard InChI is InChI=1S/C13H19N3O5/c1-4-6-14-7-10(16(20)21)12(18)15(13(14)19)8-11(17)9(3)5-2/h7,9H,4-6,8H2,1-3H3. The zero-order chi connectivity index (χ0) is 16.2. The minimum Gasteiger partial charge on any atom is -0.297 e. The van der Waals surface area contributed by atoms with E-state index in [2.05, 4.69) is 0 Å². The molecule has 21 heavy (non-hydrogen) atoms. The molecule has 1 rings (SSSR count). The lowest BCUT2D eigenvalue weighted by Gasteiger charge is -2.11. The largest absolute Gasteiger partial charge is 0.350 e. The molecule has 0 saturated carbocycles. The SMILES string of the molecule is CCCn1cc([N+](=O)[O-])c(=O)n(CC(=O)C(C)CC)c1=O. The highest BCUT2D eigenvalue weighted by molar-refractivity contribution is 5.80. The van der Waals surface area contributed by atoms with Gasteiger partial charge < -0.3 is 0 Å². The fourth-order valence-corrected chi connectivity index (χ4v) is 1.84. The molecule has 1 heterocycles. The fourth-order valence-electron chi connectivity index (χ4n) is 1.84. The van der Waals surface area contributed by atoms with Crippen molar-refractivity contribution in [1.29, 1.82) is 0 Å². The number of carbonyl (C=O) groups is 1. The van der Waals surface area contributed by atoms with Gasteiger partial charge in [0, 0.05) is 12.5 Å². The number of ketones is 1. The number of rotatable bonds is 7. The second kappa shape index (κ2) is 6.96. The first-order valence-corrected chi connectivity index (χ1v) is 6.84. The summed E-state index contributed by atoms with van der Waals surface area (Å²) in [6.07, 6.45) is 2.10. The molecular weight excluding hydrogens is 278 g/mol. The number of carbonyl (C=O) groups excluding carboxylic acids is 1. The Morgan fingerprint density at radius 1 is 1.38 bits per heavy atom. The molecule has 0 radical (unpaired) electrons. The Morgan fingerprint density at radius 3 is 2.48 bits per heavy atom. The van der Waals surface area contributed by atoms with E-state index in [0.717, 1.165) is 10.8 Å². The molecule has 116 valence electrons. The number of Topliss-reactive ketones (excluding diaryl/α,β-unsaturated/α-hetero) is 1. The number of nitrogens with zero attached hydrogens (tertiary/aromatic N) is 3. The molecule has 0 aliphatic heterocycles. The Balaban J connectivity index is 3.42. The second-order valence-electron chi connectivity index (χ2n) is 4.91. The van der Waals surface area contributed by atoms with Crippen LogP contribution in [0.25, 0.3) is 0 Å². The van der Waals surface area contributed by atoms with E-state index in [1.54, 1.807) is 13.8 Å². The van der Waals surface area contributed by atoms with Gasteiger partial charge in [-0.25, -0.2) is 9.36 Å². The third-order valence-electron chi connectivity index (χ3n) is 3.36. The van der Waals surface area contributed by atoms with Gasteiger partial charge in [-0.2, -0.15) is 0 Å². The van der Waals surface area contributed by atoms with E-state index in [-0.39, 0.29) is 18.2 Å². The van der Waals surface area contributed by atoms with Gasteiger partial charge in [0.25, 0.3) is 0 Å². The summed E-state index contributed by atoms with van der Waals surface area (Å²) in [5.41, 5.74) is -2.42. The van der Waals surface area contributed by atoms with Crippen molar-refractivity contribution in [3.63, 3.8) is 0 Å². The lowest BCUT2D eigenvalue weighted by atomic mass is 10.0. The third kappa shape index (κ3) is 3.65. The summed E-state index contributed by atoms with van der Waals surface area (Å²) in [6.45, 7) is 5.12. The monoisotopic (exact) mass is 297 g/mol. The van der Waals surface area contributed by atoms with Crippen molar-refractivity contribution in [2.75, 3.05) is 0 Å². The smallest absolute Gasteiger partial charge is 0.297 e. The van der Waals surface area contributed by atoms with Gasteiger partial charge in [0.15, 0.2) is 5.78 Å². The van der Waals surface area contributed by atoms with Gasteiger partial charge in [-0.15, -0.1) is 0 Å². The van der Waals surface area contributed by atoms with Crippen LogP contribution >= 0.6 is 0 Å². The average Bonchev–Trinajstić information content (AvgIpc) is 2.44. The Kier molecular flexibility index (Phi) is 5.57. The maximum Gasteiger partial charge on any atom is 0.350 e. The van der Waals surface area contributed by atoms with Crippen molar-refractivity contribution in [1.82, 2.24) is 9.13 Å². The molecule has 0 aliphatic carbocycles. The van der Waals surface area contributed by atoms with Gasteiger partial charge in [0.2, 0.25) is 0 Å². The van der Waals surface area contributed by atoms with Crippen molar-refractivity contribution >= 4 is 11.5 Å². The molecule has 0 N–H and O–H groups in total. The molecule has 1 atom stereocenters. The first-order valence-electron chi connectivity index (χ1n) is 6.84. The maximum absolute atomic E-state index is 12.2. The molecule has 0 saturated heterocycles. The number of hydrogen-bond acceptors (Lipinski definition) is 5. The van der Waals surface area contributed by atoms with E-state index in [9.17, 15) is 24.5 Å². The number of aromatic nitrogens is 2. The number of aryl methyl sites for hydroxylation is 1. The molecular formula is C13H19N3O5. The molecule has 0 aliphatic rings. The molecule has 0 aromatic carbocycles. The Morgan fingerprint density at radius 2 is 2.00 bits per heavy atom. The van der Waals surface area contributed by atoms with Gasteiger partial charge in [-0.05, 0) is 12.8 Å². The first-order chi connectivity index (χ1) is 9.83. The molecule has 1 aromatic rings. The lowest BCUT2D eigenvalue weighted by Crippen LogP contribution is -2.42. The highest BCUT2D eigenvalue weighted by atomic mass is 16.6. The Hall–Kier alpha value is -2.25. The topological polar surface area (TPSA) is 104 Å². The van der Waals surface area contributed by atoms with Crippen LogP contribution in [0.2, 0.25) is 0 Å². The minimum atomic E-state index is -1.03. The normalized spacial score (nSPS) is 12.1.